The number of phosphoric ester groups is 1. The molecule has 2 atom stereocenters. The lowest BCUT2D eigenvalue weighted by molar-refractivity contribution is -0.870. The number of carbonyl (C=O) groups excluding carboxylic acids is 2. The molecular weight excluding hydrogens is 1060 g/mol. The number of allylic oxidation sites excluding steroid dienone is 6. The zero-order valence-electron chi connectivity index (χ0n) is 56.7. The minimum absolute atomic E-state index is 0.0329. The number of ether oxygens (including phenoxy) is 2. The van der Waals surface area contributed by atoms with Crippen LogP contribution in [0.4, 0.5) is 0 Å². The third-order valence-corrected chi connectivity index (χ3v) is 17.6. The van der Waals surface area contributed by atoms with Gasteiger partial charge in [0.25, 0.3) is 0 Å². The molecule has 496 valence electrons. The summed E-state index contributed by atoms with van der Waals surface area (Å²) in [6.45, 7) is 4.48. The highest BCUT2D eigenvalue weighted by Gasteiger charge is 2.27. The van der Waals surface area contributed by atoms with Crippen molar-refractivity contribution in [2.45, 2.75) is 380 Å². The van der Waals surface area contributed by atoms with E-state index in [1.807, 2.05) is 21.1 Å². The first-order valence-electron chi connectivity index (χ1n) is 36.7. The molecule has 0 aromatic carbocycles. The zero-order chi connectivity index (χ0) is 61.2. The molecule has 0 heterocycles. The number of hydrogen-bond acceptors (Lipinski definition) is 7. The highest BCUT2D eigenvalue weighted by Crippen LogP contribution is 2.43. The van der Waals surface area contributed by atoms with Crippen molar-refractivity contribution in [1.82, 2.24) is 0 Å². The molecule has 0 rings (SSSR count). The smallest absolute Gasteiger partial charge is 0.462 e. The Balaban J connectivity index is 3.89. The van der Waals surface area contributed by atoms with Crippen LogP contribution in [-0.2, 0) is 32.7 Å². The molecule has 0 bridgehead atoms. The van der Waals surface area contributed by atoms with Gasteiger partial charge in [0.1, 0.15) is 19.8 Å². The molecule has 0 aliphatic rings. The summed E-state index contributed by atoms with van der Waals surface area (Å²) in [4.78, 5) is 35.8. The SMILES string of the molecule is CCCCCCC/C=C\C/C=C\CCCCCCCCCCCC(=O)OC(COC(=O)CCCCCCCCCCCCCCCCCCCCCCCCCCCCC/C=C\CCCCCCCCCC)COP(=O)(O)OCC[N+](C)(C)C. The first-order chi connectivity index (χ1) is 41.0. The first-order valence-corrected chi connectivity index (χ1v) is 38.2. The Morgan fingerprint density at radius 2 is 0.643 bits per heavy atom. The Labute approximate surface area is 522 Å². The van der Waals surface area contributed by atoms with Gasteiger partial charge in [0.15, 0.2) is 6.10 Å². The second kappa shape index (κ2) is 65.7. The average molecular weight is 1210 g/mol. The molecule has 0 amide bonds. The number of nitrogens with zero attached hydrogens (tertiary/aromatic N) is 1. The number of hydrogen-bond donors (Lipinski definition) is 1. The van der Waals surface area contributed by atoms with E-state index in [1.54, 1.807) is 0 Å². The standard InChI is InChI=1S/C74H142NO8P/c1-6-8-10-12-14-16-18-20-22-24-26-28-29-30-31-32-33-34-35-36-37-38-39-40-41-42-43-44-45-47-48-50-52-54-56-58-60-62-64-66-73(76)80-70-72(71-82-84(78,79)81-69-68-75(3,4)5)83-74(77)67-65-63-61-59-57-55-53-51-49-46-27-25-23-21-19-17-15-13-11-9-7-2/h19,21,24-27,72H,6-18,20,22-23,28-71H2,1-5H3/p+1/b21-19-,26-24-,27-25-. The molecule has 10 heteroatoms. The molecule has 2 unspecified atom stereocenters. The van der Waals surface area contributed by atoms with Crippen LogP contribution >= 0.6 is 7.82 Å². The molecular formula is C74H143NO8P+. The predicted molar refractivity (Wildman–Crippen MR) is 363 cm³/mol. The van der Waals surface area contributed by atoms with Crippen molar-refractivity contribution in [2.75, 3.05) is 47.5 Å². The molecule has 0 aromatic heterocycles. The molecule has 0 spiro atoms. The summed E-state index contributed by atoms with van der Waals surface area (Å²) in [6, 6.07) is 0. The van der Waals surface area contributed by atoms with Crippen molar-refractivity contribution >= 4 is 19.8 Å². The van der Waals surface area contributed by atoms with Gasteiger partial charge in [-0.25, -0.2) is 4.57 Å². The van der Waals surface area contributed by atoms with Gasteiger partial charge < -0.3 is 18.9 Å². The highest BCUT2D eigenvalue weighted by molar-refractivity contribution is 7.47. The van der Waals surface area contributed by atoms with Crippen molar-refractivity contribution in [2.24, 2.45) is 0 Å². The lowest BCUT2D eigenvalue weighted by atomic mass is 10.0. The Kier molecular flexibility index (Phi) is 64.3. The van der Waals surface area contributed by atoms with Gasteiger partial charge >= 0.3 is 19.8 Å². The van der Waals surface area contributed by atoms with Crippen molar-refractivity contribution in [3.8, 4) is 0 Å². The highest BCUT2D eigenvalue weighted by atomic mass is 31.2. The van der Waals surface area contributed by atoms with E-state index in [2.05, 4.69) is 50.3 Å². The molecule has 0 aliphatic carbocycles. The molecule has 1 N–H and O–H groups in total. The van der Waals surface area contributed by atoms with E-state index in [4.69, 9.17) is 18.5 Å². The summed E-state index contributed by atoms with van der Waals surface area (Å²) >= 11 is 0. The number of unbranched alkanes of at least 4 members (excludes halogenated alkanes) is 49. The summed E-state index contributed by atoms with van der Waals surface area (Å²) in [7, 11) is 1.49. The predicted octanol–water partition coefficient (Wildman–Crippen LogP) is 23.8. The average Bonchev–Trinajstić information content (AvgIpc) is 3.61. The van der Waals surface area contributed by atoms with Crippen LogP contribution in [0.25, 0.3) is 0 Å². The van der Waals surface area contributed by atoms with Crippen LogP contribution in [0.3, 0.4) is 0 Å². The Morgan fingerprint density at radius 3 is 0.952 bits per heavy atom. The Morgan fingerprint density at radius 1 is 0.369 bits per heavy atom. The maximum Gasteiger partial charge on any atom is 0.472 e. The summed E-state index contributed by atoms with van der Waals surface area (Å²) in [5.74, 6) is -0.783. The molecule has 0 radical (unpaired) electrons. The second-order valence-corrected chi connectivity index (χ2v) is 27.8. The quantitative estimate of drug-likeness (QED) is 0.0211. The Bertz CT molecular complexity index is 1510. The van der Waals surface area contributed by atoms with Crippen molar-refractivity contribution < 1.29 is 42.1 Å². The molecule has 9 nitrogen and oxygen atoms in total. The van der Waals surface area contributed by atoms with E-state index in [-0.39, 0.29) is 25.6 Å². The van der Waals surface area contributed by atoms with Crippen LogP contribution in [-0.4, -0.2) is 74.9 Å². The normalized spacial score (nSPS) is 13.3. The molecule has 0 aromatic rings. The van der Waals surface area contributed by atoms with Gasteiger partial charge in [0.05, 0.1) is 27.7 Å². The van der Waals surface area contributed by atoms with Gasteiger partial charge in [-0.2, -0.15) is 0 Å². The minimum atomic E-state index is -4.39. The molecule has 0 aliphatic heterocycles. The van der Waals surface area contributed by atoms with Crippen LogP contribution in [0.15, 0.2) is 36.5 Å². The van der Waals surface area contributed by atoms with Gasteiger partial charge in [-0.05, 0) is 70.6 Å². The van der Waals surface area contributed by atoms with Gasteiger partial charge in [0, 0.05) is 12.8 Å². The lowest BCUT2D eigenvalue weighted by Gasteiger charge is -2.24. The second-order valence-electron chi connectivity index (χ2n) is 26.3. The van der Waals surface area contributed by atoms with E-state index < -0.39 is 26.5 Å². The van der Waals surface area contributed by atoms with E-state index >= 15 is 0 Å². The van der Waals surface area contributed by atoms with Crippen LogP contribution in [0.2, 0.25) is 0 Å². The van der Waals surface area contributed by atoms with Crippen molar-refractivity contribution in [1.29, 1.82) is 0 Å². The zero-order valence-corrected chi connectivity index (χ0v) is 57.6. The van der Waals surface area contributed by atoms with Crippen molar-refractivity contribution in [3.05, 3.63) is 36.5 Å². The molecule has 0 fully saturated rings. The number of rotatable bonds is 69. The van der Waals surface area contributed by atoms with Crippen molar-refractivity contribution in [3.63, 3.8) is 0 Å². The maximum absolute atomic E-state index is 12.9. The molecule has 0 saturated heterocycles. The molecule has 84 heavy (non-hydrogen) atoms. The fourth-order valence-corrected chi connectivity index (χ4v) is 11.7. The summed E-state index contributed by atoms with van der Waals surface area (Å²) in [5.41, 5.74) is 0. The van der Waals surface area contributed by atoms with Gasteiger partial charge in [0.2, 0.25) is 0 Å². The van der Waals surface area contributed by atoms with Crippen LogP contribution in [0, 0.1) is 0 Å². The van der Waals surface area contributed by atoms with Gasteiger partial charge in [-0.3, -0.25) is 18.6 Å². The third kappa shape index (κ3) is 69.3. The lowest BCUT2D eigenvalue weighted by Crippen LogP contribution is -2.37. The summed E-state index contributed by atoms with van der Waals surface area (Å²) in [6.07, 6.45) is 84.2. The maximum atomic E-state index is 12.9. The molecule has 0 saturated carbocycles. The van der Waals surface area contributed by atoms with E-state index in [9.17, 15) is 19.0 Å². The Hall–Kier alpha value is -1.77. The number of quaternary nitrogens is 1. The van der Waals surface area contributed by atoms with Crippen LogP contribution < -0.4 is 0 Å². The number of carbonyl (C=O) groups is 2. The number of phosphoric acid groups is 1. The monoisotopic (exact) mass is 1210 g/mol. The van der Waals surface area contributed by atoms with Crippen LogP contribution in [0.5, 0.6) is 0 Å². The van der Waals surface area contributed by atoms with Crippen LogP contribution in [0.1, 0.15) is 373 Å². The number of esters is 2. The minimum Gasteiger partial charge on any atom is -0.462 e. The fourth-order valence-electron chi connectivity index (χ4n) is 11.0. The fraction of sp³-hybridized carbons (Fsp3) is 0.892. The third-order valence-electron chi connectivity index (χ3n) is 16.6. The number of likely N-dealkylation sites (N-methyl/N-ethyl adjacent to an activating group) is 1. The van der Waals surface area contributed by atoms with E-state index in [1.165, 1.54) is 295 Å². The largest absolute Gasteiger partial charge is 0.472 e. The van der Waals surface area contributed by atoms with Gasteiger partial charge in [-0.1, -0.05) is 326 Å². The summed E-state index contributed by atoms with van der Waals surface area (Å²) in [5, 5.41) is 0. The van der Waals surface area contributed by atoms with E-state index in [0.717, 1.165) is 44.9 Å². The van der Waals surface area contributed by atoms with E-state index in [0.29, 0.717) is 23.9 Å². The van der Waals surface area contributed by atoms with Gasteiger partial charge in [-0.15, -0.1) is 0 Å². The first kappa shape index (κ1) is 82.2. The summed E-state index contributed by atoms with van der Waals surface area (Å²) < 4.78 is 34.7. The topological polar surface area (TPSA) is 108 Å².